The minimum absolute atomic E-state index is 0.833. The van der Waals surface area contributed by atoms with Crippen LogP contribution in [0.5, 0.6) is 0 Å². The first-order valence-electron chi connectivity index (χ1n) is 2.31. The Morgan fingerprint density at radius 1 is 1.78 bits per heavy atom. The fraction of sp³-hybridized carbons (Fsp3) is 0.250. The van der Waals surface area contributed by atoms with Gasteiger partial charge in [-0.25, -0.2) is 9.56 Å². The number of aliphatic imine (C=N–C) groups is 1. The van der Waals surface area contributed by atoms with Crippen LogP contribution in [-0.2, 0) is 4.57 Å². The van der Waals surface area contributed by atoms with E-state index in [9.17, 15) is 0 Å². The molecule has 1 aliphatic rings. The SMILES string of the molecule is C[NH+]1C=CN=C1.O=PO. The molecule has 50 valence electrons. The maximum absolute atomic E-state index is 8.46. The molecule has 0 saturated carbocycles. The Bertz CT molecular complexity index is 123. The smallest absolute Gasteiger partial charge is 0.310 e. The lowest BCUT2D eigenvalue weighted by Crippen LogP contribution is -3.01. The van der Waals surface area contributed by atoms with Crippen LogP contribution in [0.25, 0.3) is 0 Å². The van der Waals surface area contributed by atoms with Crippen LogP contribution in [0.15, 0.2) is 17.4 Å². The largest absolute Gasteiger partial charge is 0.324 e. The van der Waals surface area contributed by atoms with E-state index >= 15 is 0 Å². The average Bonchev–Trinajstić information content (AvgIpc) is 2.20. The van der Waals surface area contributed by atoms with Crippen molar-refractivity contribution in [3.05, 3.63) is 12.4 Å². The van der Waals surface area contributed by atoms with E-state index in [1.165, 1.54) is 4.90 Å². The van der Waals surface area contributed by atoms with Crippen molar-refractivity contribution < 1.29 is 14.4 Å². The lowest BCUT2D eigenvalue weighted by Gasteiger charge is -1.87. The van der Waals surface area contributed by atoms with Gasteiger partial charge in [-0.3, -0.25) is 4.90 Å². The Kier molecular flexibility index (Phi) is 5.21. The van der Waals surface area contributed by atoms with Crippen LogP contribution in [0.2, 0.25) is 0 Å². The molecule has 0 aromatic rings. The second kappa shape index (κ2) is 5.56. The summed E-state index contributed by atoms with van der Waals surface area (Å²) in [5.74, 6) is 0. The van der Waals surface area contributed by atoms with Gasteiger partial charge in [-0.15, -0.1) is 0 Å². The fourth-order valence-electron chi connectivity index (χ4n) is 0.364. The summed E-state index contributed by atoms with van der Waals surface area (Å²) in [5, 5.41) is 0. The number of hydrogen-bond donors (Lipinski definition) is 2. The molecule has 0 aromatic heterocycles. The molecule has 1 heterocycles. The summed E-state index contributed by atoms with van der Waals surface area (Å²) < 4.78 is 8.46. The van der Waals surface area contributed by atoms with Crippen molar-refractivity contribution in [1.82, 2.24) is 0 Å². The predicted molar refractivity (Wildman–Crippen MR) is 34.3 cm³/mol. The Morgan fingerprint density at radius 2 is 2.33 bits per heavy atom. The Labute approximate surface area is 54.8 Å². The molecule has 1 aliphatic heterocycles. The summed E-state index contributed by atoms with van der Waals surface area (Å²) in [4.78, 5) is 12.0. The van der Waals surface area contributed by atoms with Crippen LogP contribution in [0.4, 0.5) is 0 Å². The molecule has 0 radical (unpaired) electrons. The van der Waals surface area contributed by atoms with E-state index in [1.54, 1.807) is 6.20 Å². The molecular weight excluding hydrogens is 139 g/mol. The summed E-state index contributed by atoms with van der Waals surface area (Å²) in [7, 11) is 1.19. The van der Waals surface area contributed by atoms with Gasteiger partial charge in [0.1, 0.15) is 6.20 Å². The van der Waals surface area contributed by atoms with Crippen molar-refractivity contribution in [2.75, 3.05) is 7.05 Å². The summed E-state index contributed by atoms with van der Waals surface area (Å²) in [6, 6.07) is 0. The van der Waals surface area contributed by atoms with E-state index < -0.39 is 8.69 Å². The van der Waals surface area contributed by atoms with Crippen LogP contribution in [0.3, 0.4) is 0 Å². The van der Waals surface area contributed by atoms with Gasteiger partial charge >= 0.3 is 8.69 Å². The highest BCUT2D eigenvalue weighted by Crippen LogP contribution is 1.66. The number of rotatable bonds is 0. The van der Waals surface area contributed by atoms with Crippen LogP contribution in [0, 0.1) is 0 Å². The molecule has 1 rings (SSSR count). The normalized spacial score (nSPS) is 21.8. The maximum Gasteiger partial charge on any atom is 0.324 e. The highest BCUT2D eigenvalue weighted by molar-refractivity contribution is 7.16. The molecule has 0 aromatic carbocycles. The van der Waals surface area contributed by atoms with E-state index in [4.69, 9.17) is 9.46 Å². The highest BCUT2D eigenvalue weighted by atomic mass is 31.1. The van der Waals surface area contributed by atoms with Gasteiger partial charge in [-0.1, -0.05) is 0 Å². The minimum Gasteiger partial charge on any atom is -0.310 e. The maximum atomic E-state index is 8.46. The molecule has 0 fully saturated rings. The molecule has 0 aliphatic carbocycles. The lowest BCUT2D eigenvalue weighted by molar-refractivity contribution is -0.709. The van der Waals surface area contributed by atoms with Gasteiger partial charge in [-0.05, 0) is 0 Å². The van der Waals surface area contributed by atoms with E-state index in [1.807, 2.05) is 19.6 Å². The third kappa shape index (κ3) is 5.30. The van der Waals surface area contributed by atoms with Crippen molar-refractivity contribution in [2.24, 2.45) is 4.99 Å². The van der Waals surface area contributed by atoms with Gasteiger partial charge in [0, 0.05) is 0 Å². The molecule has 5 heteroatoms. The van der Waals surface area contributed by atoms with Gasteiger partial charge in [0.2, 0.25) is 0 Å². The third-order valence-electron chi connectivity index (χ3n) is 0.702. The summed E-state index contributed by atoms with van der Waals surface area (Å²) in [6.07, 6.45) is 5.59. The average molecular weight is 147 g/mol. The molecule has 0 bridgehead atoms. The van der Waals surface area contributed by atoms with E-state index in [-0.39, 0.29) is 0 Å². The number of nitrogens with zero attached hydrogens (tertiary/aromatic N) is 1. The van der Waals surface area contributed by atoms with Crippen LogP contribution >= 0.6 is 8.69 Å². The monoisotopic (exact) mass is 147 g/mol. The zero-order valence-electron chi connectivity index (χ0n) is 4.98. The Morgan fingerprint density at radius 3 is 2.44 bits per heavy atom. The van der Waals surface area contributed by atoms with Gasteiger partial charge in [0.25, 0.3) is 0 Å². The molecular formula is C4H8N2O2P+. The summed E-state index contributed by atoms with van der Waals surface area (Å²) >= 11 is 0. The van der Waals surface area contributed by atoms with Crippen molar-refractivity contribution in [2.45, 2.75) is 0 Å². The minimum atomic E-state index is -0.833. The van der Waals surface area contributed by atoms with Crippen molar-refractivity contribution in [3.63, 3.8) is 0 Å². The predicted octanol–water partition coefficient (Wildman–Crippen LogP) is -0.800. The van der Waals surface area contributed by atoms with Crippen LogP contribution < -0.4 is 4.90 Å². The number of nitrogens with one attached hydrogen (secondary N) is 1. The molecule has 0 spiro atoms. The van der Waals surface area contributed by atoms with Crippen LogP contribution in [-0.4, -0.2) is 18.3 Å². The molecule has 0 amide bonds. The first-order chi connectivity index (χ1) is 4.31. The third-order valence-corrected chi connectivity index (χ3v) is 0.702. The number of hydrogen-bond acceptors (Lipinski definition) is 2. The van der Waals surface area contributed by atoms with Crippen molar-refractivity contribution >= 4 is 15.0 Å². The lowest BCUT2D eigenvalue weighted by atomic mass is 10.9. The van der Waals surface area contributed by atoms with E-state index in [2.05, 4.69) is 4.99 Å². The quantitative estimate of drug-likeness (QED) is 0.441. The van der Waals surface area contributed by atoms with E-state index in [0.29, 0.717) is 0 Å². The van der Waals surface area contributed by atoms with Gasteiger partial charge in [0.15, 0.2) is 6.34 Å². The second-order valence-electron chi connectivity index (χ2n) is 1.42. The molecule has 4 nitrogen and oxygen atoms in total. The highest BCUT2D eigenvalue weighted by Gasteiger charge is 1.91. The number of quaternary nitrogens is 1. The standard InChI is InChI=1S/C4H6N2.HO2P/c1-6-3-2-5-4-6;1-3-2/h2-4H,1H3;(H,1,2)/p+1. The van der Waals surface area contributed by atoms with Gasteiger partial charge in [0.05, 0.1) is 13.2 Å². The Hall–Kier alpha value is -0.570. The second-order valence-corrected chi connectivity index (χ2v) is 1.58. The van der Waals surface area contributed by atoms with Gasteiger partial charge in [-0.2, -0.15) is 0 Å². The summed E-state index contributed by atoms with van der Waals surface area (Å²) in [6.45, 7) is 0. The van der Waals surface area contributed by atoms with E-state index in [0.717, 1.165) is 0 Å². The van der Waals surface area contributed by atoms with Gasteiger partial charge < -0.3 is 4.89 Å². The Balaban J connectivity index is 0.000000187. The molecule has 1 atom stereocenters. The molecule has 2 N–H and O–H groups in total. The van der Waals surface area contributed by atoms with Crippen molar-refractivity contribution in [3.8, 4) is 0 Å². The molecule has 1 unspecified atom stereocenters. The first-order valence-corrected chi connectivity index (χ1v) is 3.07. The summed E-state index contributed by atoms with van der Waals surface area (Å²) in [5.41, 5.74) is 0. The zero-order valence-corrected chi connectivity index (χ0v) is 5.88. The fourth-order valence-corrected chi connectivity index (χ4v) is 0.364. The molecule has 0 saturated heterocycles. The molecule has 9 heavy (non-hydrogen) atoms. The zero-order chi connectivity index (χ0) is 7.11. The van der Waals surface area contributed by atoms with Crippen molar-refractivity contribution in [1.29, 1.82) is 0 Å². The first kappa shape index (κ1) is 8.43. The topological polar surface area (TPSA) is 54.1 Å². The van der Waals surface area contributed by atoms with Crippen LogP contribution in [0.1, 0.15) is 0 Å².